The molecule has 1 heterocycles. The second-order valence-corrected chi connectivity index (χ2v) is 8.15. The minimum absolute atomic E-state index is 0.0596. The number of aromatic nitrogens is 2. The van der Waals surface area contributed by atoms with Gasteiger partial charge >= 0.3 is 17.7 Å². The number of nitrogens with zero attached hydrogens (tertiary/aromatic N) is 2. The lowest BCUT2D eigenvalue weighted by molar-refractivity contribution is -0.669. The average Bonchev–Trinajstić information content (AvgIpc) is 3.04. The standard InChI is InChI=1S/C22H29N3O4/c1-16(2)15-19(26)20-25(21(27)23-18-11-7-4-8-12-18)24(22(28)29-20)14-13-17-9-5-3-6-10-17/h3,5-6,9-10,16,18H,4,7-8,11-15H2,1-2H3/p+1. The Morgan fingerprint density at radius 2 is 1.86 bits per heavy atom. The summed E-state index contributed by atoms with van der Waals surface area (Å²) in [5.74, 6) is -1.12. The fourth-order valence-corrected chi connectivity index (χ4v) is 3.76. The van der Waals surface area contributed by atoms with Crippen LogP contribution in [-0.4, -0.2) is 22.5 Å². The summed E-state index contributed by atoms with van der Waals surface area (Å²) in [6, 6.07) is 9.29. The molecule has 0 radical (unpaired) electrons. The van der Waals surface area contributed by atoms with Gasteiger partial charge in [-0.05, 0) is 48.3 Å². The van der Waals surface area contributed by atoms with Crippen LogP contribution in [0.25, 0.3) is 0 Å². The van der Waals surface area contributed by atoms with Gasteiger partial charge in [0.1, 0.15) is 0 Å². The number of hydrogen-bond acceptors (Lipinski definition) is 4. The largest absolute Gasteiger partial charge is 0.518 e. The molecule has 0 atom stereocenters. The van der Waals surface area contributed by atoms with Crippen LogP contribution in [0, 0.1) is 5.92 Å². The Morgan fingerprint density at radius 1 is 1.17 bits per heavy atom. The lowest BCUT2D eigenvalue weighted by Gasteiger charge is -2.18. The highest BCUT2D eigenvalue weighted by molar-refractivity contribution is 5.91. The number of hydrogen-bond donors (Lipinski definition) is 1. The third kappa shape index (κ3) is 5.43. The zero-order valence-electron chi connectivity index (χ0n) is 17.2. The first kappa shape index (κ1) is 21.0. The van der Waals surface area contributed by atoms with Gasteiger partial charge in [-0.15, -0.1) is 4.68 Å². The number of amides is 1. The summed E-state index contributed by atoms with van der Waals surface area (Å²) in [7, 11) is 0. The van der Waals surface area contributed by atoms with Gasteiger partial charge in [-0.25, -0.2) is 10.1 Å². The molecular formula is C22H30N3O4+. The van der Waals surface area contributed by atoms with E-state index < -0.39 is 11.8 Å². The van der Waals surface area contributed by atoms with Gasteiger partial charge < -0.3 is 4.42 Å². The molecule has 3 rings (SSSR count). The van der Waals surface area contributed by atoms with E-state index >= 15 is 0 Å². The number of aryl methyl sites for hydroxylation is 1. The molecule has 0 bridgehead atoms. The molecule has 156 valence electrons. The van der Waals surface area contributed by atoms with Crippen molar-refractivity contribution in [3.8, 4) is 0 Å². The van der Waals surface area contributed by atoms with E-state index in [0.717, 1.165) is 35.9 Å². The first-order valence-electron chi connectivity index (χ1n) is 10.5. The second-order valence-electron chi connectivity index (χ2n) is 8.15. The molecule has 1 saturated carbocycles. The summed E-state index contributed by atoms with van der Waals surface area (Å²) >= 11 is 0. The van der Waals surface area contributed by atoms with Crippen LogP contribution in [0.1, 0.15) is 68.6 Å². The van der Waals surface area contributed by atoms with E-state index in [1.54, 1.807) is 0 Å². The molecule has 1 aromatic heterocycles. The fourth-order valence-electron chi connectivity index (χ4n) is 3.76. The van der Waals surface area contributed by atoms with Gasteiger partial charge in [0.25, 0.3) is 0 Å². The first-order valence-corrected chi connectivity index (χ1v) is 10.5. The van der Waals surface area contributed by atoms with Crippen molar-refractivity contribution in [1.29, 1.82) is 0 Å². The third-order valence-electron chi connectivity index (χ3n) is 5.24. The zero-order chi connectivity index (χ0) is 20.8. The molecule has 7 nitrogen and oxygen atoms in total. The maximum absolute atomic E-state index is 13.0. The molecule has 1 aliphatic rings. The third-order valence-corrected chi connectivity index (χ3v) is 5.24. The van der Waals surface area contributed by atoms with Gasteiger partial charge in [0.15, 0.2) is 0 Å². The minimum Gasteiger partial charge on any atom is -0.366 e. The molecule has 0 unspecified atom stereocenters. The Balaban J connectivity index is 1.88. The smallest absolute Gasteiger partial charge is 0.366 e. The lowest BCUT2D eigenvalue weighted by atomic mass is 9.96. The van der Waals surface area contributed by atoms with E-state index in [4.69, 9.17) is 4.42 Å². The molecule has 1 aromatic carbocycles. The van der Waals surface area contributed by atoms with Crippen molar-refractivity contribution in [3.63, 3.8) is 0 Å². The number of carbonyl (C=O) groups is 2. The van der Waals surface area contributed by atoms with Crippen LogP contribution < -0.4 is 15.8 Å². The van der Waals surface area contributed by atoms with Gasteiger partial charge in [-0.2, -0.15) is 4.79 Å². The number of rotatable bonds is 7. The van der Waals surface area contributed by atoms with Crippen LogP contribution in [0.15, 0.2) is 39.5 Å². The van der Waals surface area contributed by atoms with E-state index in [0.29, 0.717) is 6.42 Å². The maximum Gasteiger partial charge on any atom is 0.518 e. The van der Waals surface area contributed by atoms with Crippen LogP contribution >= 0.6 is 0 Å². The molecule has 29 heavy (non-hydrogen) atoms. The highest BCUT2D eigenvalue weighted by Crippen LogP contribution is 2.17. The Morgan fingerprint density at radius 3 is 2.52 bits per heavy atom. The lowest BCUT2D eigenvalue weighted by Crippen LogP contribution is -2.62. The molecule has 1 N–H and O–H groups in total. The van der Waals surface area contributed by atoms with Crippen molar-refractivity contribution in [3.05, 3.63) is 52.3 Å². The van der Waals surface area contributed by atoms with Gasteiger partial charge in [0.2, 0.25) is 5.78 Å². The van der Waals surface area contributed by atoms with Crippen LogP contribution in [0.5, 0.6) is 0 Å². The molecule has 1 fully saturated rings. The van der Waals surface area contributed by atoms with E-state index in [1.807, 2.05) is 44.2 Å². The number of nitrogens with one attached hydrogen (secondary N) is 1. The zero-order valence-corrected chi connectivity index (χ0v) is 17.2. The average molecular weight is 400 g/mol. The highest BCUT2D eigenvalue weighted by Gasteiger charge is 2.35. The van der Waals surface area contributed by atoms with E-state index in [1.165, 1.54) is 11.1 Å². The topological polar surface area (TPSA) is 85.2 Å². The minimum atomic E-state index is -0.688. The molecule has 0 aliphatic heterocycles. The summed E-state index contributed by atoms with van der Waals surface area (Å²) in [5, 5.41) is 2.99. The fraction of sp³-hybridized carbons (Fsp3) is 0.545. The Hall–Kier alpha value is -2.70. The molecule has 1 amide bonds. The van der Waals surface area contributed by atoms with Crippen molar-refractivity contribution < 1.29 is 18.7 Å². The summed E-state index contributed by atoms with van der Waals surface area (Å²) in [6.07, 6.45) is 5.89. The maximum atomic E-state index is 13.0. The summed E-state index contributed by atoms with van der Waals surface area (Å²) in [4.78, 5) is 38.2. The Labute approximate surface area is 170 Å². The van der Waals surface area contributed by atoms with Crippen molar-refractivity contribution >= 4 is 11.8 Å². The number of ketones is 1. The van der Waals surface area contributed by atoms with Gasteiger partial charge in [-0.3, -0.25) is 4.79 Å². The molecule has 2 aromatic rings. The van der Waals surface area contributed by atoms with Crippen LogP contribution in [-0.2, 0) is 13.0 Å². The van der Waals surface area contributed by atoms with Crippen molar-refractivity contribution in [1.82, 2.24) is 10.00 Å². The molecule has 7 heteroatoms. The number of carbonyl (C=O) groups excluding carboxylic acids is 2. The summed E-state index contributed by atoms with van der Waals surface area (Å²) in [5.41, 5.74) is 1.04. The van der Waals surface area contributed by atoms with E-state index in [9.17, 15) is 14.4 Å². The van der Waals surface area contributed by atoms with E-state index in [-0.39, 0.29) is 36.6 Å². The highest BCUT2D eigenvalue weighted by atomic mass is 16.4. The van der Waals surface area contributed by atoms with Crippen LogP contribution in [0.2, 0.25) is 0 Å². The Bertz CT molecular complexity index is 893. The second kappa shape index (κ2) is 9.67. The summed E-state index contributed by atoms with van der Waals surface area (Å²) < 4.78 is 7.62. The number of Topliss-reactive ketones (excluding diaryl/α,β-unsaturated/α-hetero) is 1. The van der Waals surface area contributed by atoms with E-state index in [2.05, 4.69) is 5.32 Å². The SMILES string of the molecule is CC(C)CC(=O)c1oc(=O)n(CCc2ccccc2)[n+]1C(=O)NC1CCCCC1. The van der Waals surface area contributed by atoms with Gasteiger partial charge in [0, 0.05) is 6.42 Å². The normalized spacial score (nSPS) is 14.9. The van der Waals surface area contributed by atoms with Crippen molar-refractivity contribution in [2.75, 3.05) is 0 Å². The molecule has 1 aliphatic carbocycles. The molecule has 0 spiro atoms. The van der Waals surface area contributed by atoms with Crippen molar-refractivity contribution in [2.24, 2.45) is 5.92 Å². The first-order chi connectivity index (χ1) is 14.0. The predicted molar refractivity (Wildman–Crippen MR) is 108 cm³/mol. The predicted octanol–water partition coefficient (Wildman–Crippen LogP) is 3.09. The van der Waals surface area contributed by atoms with Crippen LogP contribution in [0.3, 0.4) is 0 Å². The van der Waals surface area contributed by atoms with Crippen molar-refractivity contribution in [2.45, 2.75) is 71.4 Å². The Kier molecular flexibility index (Phi) is 7.01. The molecular weight excluding hydrogens is 370 g/mol. The monoisotopic (exact) mass is 400 g/mol. The van der Waals surface area contributed by atoms with Gasteiger partial charge in [0.05, 0.1) is 12.6 Å². The quantitative estimate of drug-likeness (QED) is 0.572. The van der Waals surface area contributed by atoms with Gasteiger partial charge in [-0.1, -0.05) is 50.6 Å². The summed E-state index contributed by atoms with van der Waals surface area (Å²) in [6.45, 7) is 4.07. The number of benzene rings is 1. The molecule has 0 saturated heterocycles. The van der Waals surface area contributed by atoms with Crippen LogP contribution in [0.4, 0.5) is 4.79 Å².